The third-order valence-electron chi connectivity index (χ3n) is 3.70. The Morgan fingerprint density at radius 1 is 1.35 bits per heavy atom. The molecular weight excluding hydrogens is 320 g/mol. The van der Waals surface area contributed by atoms with Gasteiger partial charge in [0.25, 0.3) is 0 Å². The summed E-state index contributed by atoms with van der Waals surface area (Å²) in [6, 6.07) is 3.74. The van der Waals surface area contributed by atoms with Crippen molar-refractivity contribution in [2.45, 2.75) is 24.8 Å². The van der Waals surface area contributed by atoms with Crippen LogP contribution in [0.1, 0.15) is 12.5 Å². The van der Waals surface area contributed by atoms with Gasteiger partial charge >= 0.3 is 0 Å². The molecule has 7 nitrogen and oxygen atoms in total. The fourth-order valence-corrected chi connectivity index (χ4v) is 3.71. The van der Waals surface area contributed by atoms with Crippen molar-refractivity contribution in [2.24, 2.45) is 0 Å². The Balaban J connectivity index is 2.10. The van der Waals surface area contributed by atoms with E-state index in [2.05, 4.69) is 4.72 Å². The summed E-state index contributed by atoms with van der Waals surface area (Å²) in [6.45, 7) is 5.22. The molecule has 0 saturated carbocycles. The molecule has 1 N–H and O–H groups in total. The van der Waals surface area contributed by atoms with Crippen molar-refractivity contribution < 1.29 is 22.7 Å². The number of nitrogens with one attached hydrogen (secondary N) is 1. The number of hydrogen-bond acceptors (Lipinski definition) is 5. The first-order valence-corrected chi connectivity index (χ1v) is 8.87. The fraction of sp³-hybridized carbons (Fsp3) is 0.533. The molecule has 0 radical (unpaired) electrons. The molecule has 1 amide bonds. The lowest BCUT2D eigenvalue weighted by atomic mass is 10.2. The van der Waals surface area contributed by atoms with Gasteiger partial charge in [-0.1, -0.05) is 0 Å². The lowest BCUT2D eigenvalue weighted by Gasteiger charge is -2.29. The Morgan fingerprint density at radius 2 is 2.00 bits per heavy atom. The summed E-state index contributed by atoms with van der Waals surface area (Å²) in [7, 11) is -2.25. The van der Waals surface area contributed by atoms with E-state index in [9.17, 15) is 13.2 Å². The van der Waals surface area contributed by atoms with Crippen LogP contribution >= 0.6 is 0 Å². The number of carbonyl (C=O) groups excluding carboxylic acids is 1. The van der Waals surface area contributed by atoms with Crippen LogP contribution in [-0.2, 0) is 19.6 Å². The van der Waals surface area contributed by atoms with E-state index in [1.54, 1.807) is 24.8 Å². The zero-order valence-electron chi connectivity index (χ0n) is 13.5. The summed E-state index contributed by atoms with van der Waals surface area (Å²) < 4.78 is 37.6. The topological polar surface area (TPSA) is 84.9 Å². The van der Waals surface area contributed by atoms with Crippen molar-refractivity contribution >= 4 is 15.9 Å². The first-order valence-electron chi connectivity index (χ1n) is 7.38. The first-order chi connectivity index (χ1) is 10.8. The highest BCUT2D eigenvalue weighted by molar-refractivity contribution is 7.89. The van der Waals surface area contributed by atoms with Gasteiger partial charge in [-0.25, -0.2) is 8.42 Å². The van der Waals surface area contributed by atoms with E-state index in [-0.39, 0.29) is 10.8 Å². The summed E-state index contributed by atoms with van der Waals surface area (Å²) in [5.41, 5.74) is 0.711. The van der Waals surface area contributed by atoms with Gasteiger partial charge in [0.1, 0.15) is 5.75 Å². The van der Waals surface area contributed by atoms with Gasteiger partial charge < -0.3 is 14.4 Å². The lowest BCUT2D eigenvalue weighted by Crippen LogP contribution is -2.50. The first kappa shape index (κ1) is 17.7. The molecule has 1 saturated heterocycles. The summed E-state index contributed by atoms with van der Waals surface area (Å²) in [4.78, 5) is 14.0. The maximum Gasteiger partial charge on any atom is 0.241 e. The second-order valence-corrected chi connectivity index (χ2v) is 7.13. The number of amides is 1. The second kappa shape index (κ2) is 7.29. The third-order valence-corrected chi connectivity index (χ3v) is 5.24. The average molecular weight is 342 g/mol. The standard InChI is InChI=1S/C15H22N2O5S/c1-11-10-13(4-5-14(11)21-3)23(19,20)16-12(2)15(18)17-6-8-22-9-7-17/h4-5,10,12,16H,6-9H2,1-3H3/t12-/m0/s1. The minimum absolute atomic E-state index is 0.109. The predicted molar refractivity (Wildman–Crippen MR) is 84.9 cm³/mol. The molecular formula is C15H22N2O5S. The van der Waals surface area contributed by atoms with Crippen LogP contribution in [0, 0.1) is 6.92 Å². The Labute approximate surface area is 136 Å². The zero-order chi connectivity index (χ0) is 17.0. The van der Waals surface area contributed by atoms with Crippen molar-refractivity contribution in [2.75, 3.05) is 33.4 Å². The SMILES string of the molecule is COc1ccc(S(=O)(=O)N[C@@H](C)C(=O)N2CCOCC2)cc1C. The lowest BCUT2D eigenvalue weighted by molar-refractivity contribution is -0.136. The number of benzene rings is 1. The number of hydrogen-bond donors (Lipinski definition) is 1. The van der Waals surface area contributed by atoms with Crippen LogP contribution in [0.2, 0.25) is 0 Å². The van der Waals surface area contributed by atoms with Gasteiger partial charge in [-0.2, -0.15) is 4.72 Å². The highest BCUT2D eigenvalue weighted by atomic mass is 32.2. The monoisotopic (exact) mass is 342 g/mol. The summed E-state index contributed by atoms with van der Waals surface area (Å²) in [6.07, 6.45) is 0. The molecule has 0 aliphatic carbocycles. The molecule has 1 heterocycles. The molecule has 1 aliphatic heterocycles. The van der Waals surface area contributed by atoms with Gasteiger partial charge in [0.15, 0.2) is 0 Å². The van der Waals surface area contributed by atoms with E-state index in [1.165, 1.54) is 19.2 Å². The normalized spacial score (nSPS) is 16.9. The summed E-state index contributed by atoms with van der Waals surface area (Å²) in [5, 5.41) is 0. The van der Waals surface area contributed by atoms with E-state index < -0.39 is 16.1 Å². The quantitative estimate of drug-likeness (QED) is 0.844. The Bertz CT molecular complexity index is 668. The fourth-order valence-electron chi connectivity index (χ4n) is 2.43. The van der Waals surface area contributed by atoms with Crippen molar-refractivity contribution in [3.05, 3.63) is 23.8 Å². The Morgan fingerprint density at radius 3 is 2.57 bits per heavy atom. The maximum absolute atomic E-state index is 12.4. The number of aryl methyl sites for hydroxylation is 1. The Hall–Kier alpha value is -1.64. The van der Waals surface area contributed by atoms with Crippen LogP contribution in [0.15, 0.2) is 23.1 Å². The number of morpholine rings is 1. The smallest absolute Gasteiger partial charge is 0.241 e. The predicted octanol–water partition coefficient (Wildman–Crippen LogP) is 0.529. The van der Waals surface area contributed by atoms with E-state index >= 15 is 0 Å². The number of ether oxygens (including phenoxy) is 2. The van der Waals surface area contributed by atoms with Crippen molar-refractivity contribution in [3.63, 3.8) is 0 Å². The van der Waals surface area contributed by atoms with Gasteiger partial charge in [-0.05, 0) is 37.6 Å². The number of methoxy groups -OCH3 is 1. The summed E-state index contributed by atoms with van der Waals surface area (Å²) >= 11 is 0. The molecule has 0 aromatic heterocycles. The number of rotatable bonds is 5. The van der Waals surface area contributed by atoms with E-state index in [4.69, 9.17) is 9.47 Å². The molecule has 2 rings (SSSR count). The van der Waals surface area contributed by atoms with E-state index in [0.29, 0.717) is 37.6 Å². The van der Waals surface area contributed by atoms with Crippen LogP contribution in [-0.4, -0.2) is 58.7 Å². The largest absolute Gasteiger partial charge is 0.496 e. The average Bonchev–Trinajstić information content (AvgIpc) is 2.54. The molecule has 1 aliphatic rings. The molecule has 0 bridgehead atoms. The van der Waals surface area contributed by atoms with E-state index in [1.807, 2.05) is 0 Å². The highest BCUT2D eigenvalue weighted by Crippen LogP contribution is 2.21. The van der Waals surface area contributed by atoms with E-state index in [0.717, 1.165) is 0 Å². The molecule has 1 aromatic carbocycles. The Kier molecular flexibility index (Phi) is 5.61. The third kappa shape index (κ3) is 4.21. The second-order valence-electron chi connectivity index (χ2n) is 5.41. The van der Waals surface area contributed by atoms with Crippen molar-refractivity contribution in [3.8, 4) is 5.75 Å². The van der Waals surface area contributed by atoms with Crippen LogP contribution in [0.5, 0.6) is 5.75 Å². The zero-order valence-corrected chi connectivity index (χ0v) is 14.4. The number of carbonyl (C=O) groups is 1. The molecule has 0 spiro atoms. The minimum atomic E-state index is -3.77. The van der Waals surface area contributed by atoms with Crippen molar-refractivity contribution in [1.29, 1.82) is 0 Å². The van der Waals surface area contributed by atoms with Gasteiger partial charge in [0.2, 0.25) is 15.9 Å². The molecule has 23 heavy (non-hydrogen) atoms. The molecule has 1 aromatic rings. The van der Waals surface area contributed by atoms with Crippen LogP contribution in [0.4, 0.5) is 0 Å². The van der Waals surface area contributed by atoms with Gasteiger partial charge in [0, 0.05) is 13.1 Å². The van der Waals surface area contributed by atoms with Crippen LogP contribution in [0.25, 0.3) is 0 Å². The van der Waals surface area contributed by atoms with Gasteiger partial charge in [0.05, 0.1) is 31.3 Å². The number of sulfonamides is 1. The van der Waals surface area contributed by atoms with Crippen LogP contribution < -0.4 is 9.46 Å². The molecule has 8 heteroatoms. The summed E-state index contributed by atoms with van der Waals surface area (Å²) in [5.74, 6) is 0.364. The van der Waals surface area contributed by atoms with Gasteiger partial charge in [-0.15, -0.1) is 0 Å². The minimum Gasteiger partial charge on any atom is -0.496 e. The maximum atomic E-state index is 12.4. The van der Waals surface area contributed by atoms with Gasteiger partial charge in [-0.3, -0.25) is 4.79 Å². The highest BCUT2D eigenvalue weighted by Gasteiger charge is 2.27. The molecule has 128 valence electrons. The molecule has 1 atom stereocenters. The molecule has 1 fully saturated rings. The molecule has 0 unspecified atom stereocenters. The van der Waals surface area contributed by atoms with Crippen molar-refractivity contribution in [1.82, 2.24) is 9.62 Å². The number of nitrogens with zero attached hydrogens (tertiary/aromatic N) is 1. The van der Waals surface area contributed by atoms with Crippen LogP contribution in [0.3, 0.4) is 0 Å².